The maximum Gasteiger partial charge on any atom is 0.332 e. The zero-order valence-corrected chi connectivity index (χ0v) is 11.6. The first kappa shape index (κ1) is 15.0. The third-order valence-electron chi connectivity index (χ3n) is 3.16. The highest BCUT2D eigenvalue weighted by Crippen LogP contribution is 2.07. The zero-order valence-electron chi connectivity index (χ0n) is 11.6. The number of methoxy groups -OCH3 is 1. The Hall–Kier alpha value is -2.41. The van der Waals surface area contributed by atoms with Crippen molar-refractivity contribution in [3.63, 3.8) is 0 Å². The van der Waals surface area contributed by atoms with E-state index in [1.807, 2.05) is 0 Å². The van der Waals surface area contributed by atoms with Crippen LogP contribution in [0, 0.1) is 0 Å². The summed E-state index contributed by atoms with van der Waals surface area (Å²) in [5.41, 5.74) is -0.691. The van der Waals surface area contributed by atoms with Gasteiger partial charge in [0, 0.05) is 20.3 Å². The lowest BCUT2D eigenvalue weighted by atomic mass is 10.2. The lowest BCUT2D eigenvalue weighted by molar-refractivity contribution is -0.137. The summed E-state index contributed by atoms with van der Waals surface area (Å²) < 4.78 is 7.07. The molecule has 0 spiro atoms. The molecule has 1 N–H and O–H groups in total. The van der Waals surface area contributed by atoms with Crippen LogP contribution < -0.4 is 11.2 Å². The number of para-hydroxylation sites is 1. The molecule has 0 unspecified atom stereocenters. The molecule has 7 nitrogen and oxygen atoms in total. The predicted molar refractivity (Wildman–Crippen MR) is 76.6 cm³/mol. The van der Waals surface area contributed by atoms with E-state index in [2.05, 4.69) is 0 Å². The minimum atomic E-state index is -1.13. The molecule has 7 heteroatoms. The summed E-state index contributed by atoms with van der Waals surface area (Å²) in [7, 11) is 1.53. The van der Waals surface area contributed by atoms with Gasteiger partial charge in [-0.15, -0.1) is 0 Å². The number of hydrogen-bond donors (Lipinski definition) is 1. The first-order valence-electron chi connectivity index (χ1n) is 6.49. The fourth-order valence-electron chi connectivity index (χ4n) is 2.22. The van der Waals surface area contributed by atoms with Crippen LogP contribution in [0.2, 0.25) is 0 Å². The highest BCUT2D eigenvalue weighted by atomic mass is 16.5. The smallest absolute Gasteiger partial charge is 0.332 e. The standard InChI is InChI=1S/C14H16N2O5/c1-21-8-4-7-15-13(19)10-5-2-3-6-11(10)16(14(15)20)9-12(17)18/h2-3,5-6H,4,7-9H2,1H3,(H,17,18). The Kier molecular flexibility index (Phi) is 4.54. The molecule has 0 atom stereocenters. The highest BCUT2D eigenvalue weighted by molar-refractivity contribution is 5.79. The monoisotopic (exact) mass is 292 g/mol. The number of aliphatic carboxylic acids is 1. The molecule has 0 saturated carbocycles. The van der Waals surface area contributed by atoms with Crippen LogP contribution >= 0.6 is 0 Å². The van der Waals surface area contributed by atoms with Gasteiger partial charge < -0.3 is 9.84 Å². The quantitative estimate of drug-likeness (QED) is 0.772. The molecule has 1 heterocycles. The zero-order chi connectivity index (χ0) is 15.4. The Balaban J connectivity index is 2.66. The molecule has 0 fully saturated rings. The van der Waals surface area contributed by atoms with Crippen molar-refractivity contribution in [1.29, 1.82) is 0 Å². The molecule has 112 valence electrons. The number of aromatic nitrogens is 2. The van der Waals surface area contributed by atoms with Crippen molar-refractivity contribution < 1.29 is 14.6 Å². The molecular formula is C14H16N2O5. The molecule has 0 aliphatic carbocycles. The number of fused-ring (bicyclic) bond motifs is 1. The van der Waals surface area contributed by atoms with Crippen molar-refractivity contribution in [3.8, 4) is 0 Å². The van der Waals surface area contributed by atoms with Gasteiger partial charge in [-0.05, 0) is 18.6 Å². The molecule has 0 aliphatic heterocycles. The summed E-state index contributed by atoms with van der Waals surface area (Å²) in [4.78, 5) is 35.7. The minimum absolute atomic E-state index is 0.190. The summed E-state index contributed by atoms with van der Waals surface area (Å²) in [6, 6.07) is 6.50. The van der Waals surface area contributed by atoms with Crippen LogP contribution in [-0.4, -0.2) is 33.9 Å². The first-order valence-corrected chi connectivity index (χ1v) is 6.49. The number of carboxylic acid groups (broad SMARTS) is 1. The SMILES string of the molecule is COCCCn1c(=O)c2ccccc2n(CC(=O)O)c1=O. The lowest BCUT2D eigenvalue weighted by Crippen LogP contribution is -2.41. The number of benzene rings is 1. The van der Waals surface area contributed by atoms with Crippen LogP contribution in [0.25, 0.3) is 10.9 Å². The molecule has 0 aliphatic rings. The van der Waals surface area contributed by atoms with Gasteiger partial charge >= 0.3 is 11.7 Å². The van der Waals surface area contributed by atoms with Crippen molar-refractivity contribution in [3.05, 3.63) is 45.1 Å². The number of rotatable bonds is 6. The average Bonchev–Trinajstić information content (AvgIpc) is 2.47. The van der Waals surface area contributed by atoms with E-state index in [0.29, 0.717) is 23.9 Å². The fraction of sp³-hybridized carbons (Fsp3) is 0.357. The summed E-state index contributed by atoms with van der Waals surface area (Å²) in [6.45, 7) is 0.123. The van der Waals surface area contributed by atoms with E-state index in [1.165, 1.54) is 7.11 Å². The first-order chi connectivity index (χ1) is 10.1. The van der Waals surface area contributed by atoms with E-state index in [9.17, 15) is 14.4 Å². The van der Waals surface area contributed by atoms with Gasteiger partial charge in [0.2, 0.25) is 0 Å². The Morgan fingerprint density at radius 2 is 1.95 bits per heavy atom. The van der Waals surface area contributed by atoms with Crippen molar-refractivity contribution in [1.82, 2.24) is 9.13 Å². The number of carbonyl (C=O) groups is 1. The van der Waals surface area contributed by atoms with Crippen molar-refractivity contribution >= 4 is 16.9 Å². The van der Waals surface area contributed by atoms with Crippen LogP contribution in [-0.2, 0) is 22.6 Å². The van der Waals surface area contributed by atoms with Crippen LogP contribution in [0.1, 0.15) is 6.42 Å². The van der Waals surface area contributed by atoms with Gasteiger partial charge in [0.25, 0.3) is 5.56 Å². The third kappa shape index (κ3) is 3.03. The number of ether oxygens (including phenoxy) is 1. The maximum atomic E-state index is 12.4. The molecule has 21 heavy (non-hydrogen) atoms. The second kappa shape index (κ2) is 6.36. The second-order valence-corrected chi connectivity index (χ2v) is 4.58. The third-order valence-corrected chi connectivity index (χ3v) is 3.16. The largest absolute Gasteiger partial charge is 0.480 e. The number of nitrogens with zero attached hydrogens (tertiary/aromatic N) is 2. The van der Waals surface area contributed by atoms with Crippen LogP contribution in [0.4, 0.5) is 0 Å². The van der Waals surface area contributed by atoms with Crippen LogP contribution in [0.15, 0.2) is 33.9 Å². The minimum Gasteiger partial charge on any atom is -0.480 e. The highest BCUT2D eigenvalue weighted by Gasteiger charge is 2.14. The van der Waals surface area contributed by atoms with Gasteiger partial charge in [0.15, 0.2) is 0 Å². The molecule has 1 aromatic carbocycles. The normalized spacial score (nSPS) is 10.9. The second-order valence-electron chi connectivity index (χ2n) is 4.58. The van der Waals surface area contributed by atoms with Gasteiger partial charge in [-0.1, -0.05) is 12.1 Å². The molecule has 1 aromatic heterocycles. The summed E-state index contributed by atoms with van der Waals surface area (Å²) in [6.07, 6.45) is 0.497. The predicted octanol–water partition coefficient (Wildman–Crippen LogP) is 0.284. The number of hydrogen-bond acceptors (Lipinski definition) is 4. The van der Waals surface area contributed by atoms with Gasteiger partial charge in [-0.3, -0.25) is 18.7 Å². The number of carboxylic acids is 1. The van der Waals surface area contributed by atoms with Crippen molar-refractivity contribution in [2.24, 2.45) is 0 Å². The average molecular weight is 292 g/mol. The Morgan fingerprint density at radius 3 is 2.62 bits per heavy atom. The van der Waals surface area contributed by atoms with E-state index in [0.717, 1.165) is 9.13 Å². The molecule has 0 bridgehead atoms. The van der Waals surface area contributed by atoms with E-state index in [-0.39, 0.29) is 6.54 Å². The molecule has 0 radical (unpaired) electrons. The van der Waals surface area contributed by atoms with E-state index in [1.54, 1.807) is 24.3 Å². The fourth-order valence-corrected chi connectivity index (χ4v) is 2.22. The topological polar surface area (TPSA) is 90.5 Å². The lowest BCUT2D eigenvalue weighted by Gasteiger charge is -2.12. The summed E-state index contributed by atoms with van der Waals surface area (Å²) in [5, 5.41) is 9.29. The Labute approximate surface area is 120 Å². The van der Waals surface area contributed by atoms with Crippen LogP contribution in [0.3, 0.4) is 0 Å². The molecule has 2 aromatic rings. The molecule has 0 amide bonds. The van der Waals surface area contributed by atoms with Crippen LogP contribution in [0.5, 0.6) is 0 Å². The van der Waals surface area contributed by atoms with Gasteiger partial charge in [0.1, 0.15) is 6.54 Å². The molecule has 0 saturated heterocycles. The molecule has 2 rings (SSSR count). The van der Waals surface area contributed by atoms with Crippen molar-refractivity contribution in [2.75, 3.05) is 13.7 Å². The van der Waals surface area contributed by atoms with E-state index in [4.69, 9.17) is 9.84 Å². The van der Waals surface area contributed by atoms with Gasteiger partial charge in [-0.2, -0.15) is 0 Å². The summed E-state index contributed by atoms with van der Waals surface area (Å²) >= 11 is 0. The molecular weight excluding hydrogens is 276 g/mol. The van der Waals surface area contributed by atoms with Gasteiger partial charge in [-0.25, -0.2) is 4.79 Å². The Morgan fingerprint density at radius 1 is 1.24 bits per heavy atom. The van der Waals surface area contributed by atoms with E-state index < -0.39 is 23.8 Å². The van der Waals surface area contributed by atoms with Crippen molar-refractivity contribution in [2.45, 2.75) is 19.5 Å². The maximum absolute atomic E-state index is 12.4. The van der Waals surface area contributed by atoms with E-state index >= 15 is 0 Å². The van der Waals surface area contributed by atoms with Gasteiger partial charge in [0.05, 0.1) is 10.9 Å². The Bertz CT molecular complexity index is 775. The summed E-state index contributed by atoms with van der Waals surface area (Å²) in [5.74, 6) is -1.13.